The molecule has 0 amide bonds. The second-order valence-corrected chi connectivity index (χ2v) is 7.68. The Balaban J connectivity index is 1.33. The summed E-state index contributed by atoms with van der Waals surface area (Å²) < 4.78 is 12.3. The van der Waals surface area contributed by atoms with E-state index < -0.39 is 0 Å². The van der Waals surface area contributed by atoms with E-state index in [2.05, 4.69) is 35.0 Å². The van der Waals surface area contributed by atoms with Crippen molar-refractivity contribution in [3.63, 3.8) is 0 Å². The van der Waals surface area contributed by atoms with Crippen LogP contribution in [0.1, 0.15) is 43.5 Å². The first kappa shape index (κ1) is 15.6. The van der Waals surface area contributed by atoms with Crippen molar-refractivity contribution in [2.45, 2.75) is 57.3 Å². The van der Waals surface area contributed by atoms with Crippen LogP contribution in [0.2, 0.25) is 0 Å². The van der Waals surface area contributed by atoms with Crippen LogP contribution in [-0.4, -0.2) is 47.9 Å². The van der Waals surface area contributed by atoms with Crippen LogP contribution >= 0.6 is 0 Å². The standard InChI is InChI=1S/C19H28N2O2/c1-15-4-2-5-17(20-15)11-21-9-3-8-19(14-21)10-18(13-23-19)22-12-16-6-7-16/h2,4-5,16,18H,3,6-14H2,1H3/t18-,19-/m0/s1. The first-order valence-electron chi connectivity index (χ1n) is 9.11. The normalized spacial score (nSPS) is 31.8. The third-order valence-corrected chi connectivity index (χ3v) is 5.39. The van der Waals surface area contributed by atoms with Crippen molar-refractivity contribution in [2.75, 3.05) is 26.3 Å². The first-order valence-corrected chi connectivity index (χ1v) is 9.11. The maximum absolute atomic E-state index is 6.25. The molecule has 1 aliphatic carbocycles. The molecule has 3 aliphatic rings. The topological polar surface area (TPSA) is 34.6 Å². The molecule has 0 unspecified atom stereocenters. The molecular weight excluding hydrogens is 288 g/mol. The van der Waals surface area contributed by atoms with E-state index in [1.54, 1.807) is 0 Å². The summed E-state index contributed by atoms with van der Waals surface area (Å²) in [5.74, 6) is 0.835. The van der Waals surface area contributed by atoms with E-state index in [0.717, 1.165) is 50.9 Å². The Morgan fingerprint density at radius 1 is 1.39 bits per heavy atom. The quantitative estimate of drug-likeness (QED) is 0.836. The molecule has 4 heteroatoms. The number of hydrogen-bond donors (Lipinski definition) is 0. The fourth-order valence-electron chi connectivity index (χ4n) is 3.99. The summed E-state index contributed by atoms with van der Waals surface area (Å²) >= 11 is 0. The van der Waals surface area contributed by atoms with Crippen molar-refractivity contribution in [3.8, 4) is 0 Å². The summed E-state index contributed by atoms with van der Waals surface area (Å²) in [5.41, 5.74) is 2.29. The molecule has 1 spiro atoms. The smallest absolute Gasteiger partial charge is 0.0836 e. The highest BCUT2D eigenvalue weighted by molar-refractivity contribution is 5.10. The lowest BCUT2D eigenvalue weighted by Crippen LogP contribution is -2.47. The minimum atomic E-state index is 0.0241. The van der Waals surface area contributed by atoms with Gasteiger partial charge in [-0.3, -0.25) is 9.88 Å². The highest BCUT2D eigenvalue weighted by atomic mass is 16.6. The van der Waals surface area contributed by atoms with Gasteiger partial charge in [-0.15, -0.1) is 0 Å². The van der Waals surface area contributed by atoms with Crippen molar-refractivity contribution in [1.29, 1.82) is 0 Å². The van der Waals surface area contributed by atoms with Gasteiger partial charge < -0.3 is 9.47 Å². The number of rotatable bonds is 5. The summed E-state index contributed by atoms with van der Waals surface area (Å²) in [5, 5.41) is 0. The Kier molecular flexibility index (Phi) is 4.39. The van der Waals surface area contributed by atoms with Crippen LogP contribution in [0.25, 0.3) is 0 Å². The number of nitrogens with zero attached hydrogens (tertiary/aromatic N) is 2. The number of likely N-dealkylation sites (tertiary alicyclic amines) is 1. The molecule has 0 N–H and O–H groups in total. The molecule has 0 radical (unpaired) electrons. The molecule has 3 heterocycles. The third kappa shape index (κ3) is 3.93. The molecule has 1 aromatic heterocycles. The molecular formula is C19H28N2O2. The van der Waals surface area contributed by atoms with Gasteiger partial charge in [0.1, 0.15) is 0 Å². The van der Waals surface area contributed by atoms with Gasteiger partial charge in [-0.25, -0.2) is 0 Å². The fourth-order valence-corrected chi connectivity index (χ4v) is 3.99. The maximum atomic E-state index is 6.25. The lowest BCUT2D eigenvalue weighted by Gasteiger charge is -2.39. The summed E-state index contributed by atoms with van der Waals surface area (Å²) in [6.45, 7) is 6.88. The van der Waals surface area contributed by atoms with Crippen LogP contribution in [0.5, 0.6) is 0 Å². The van der Waals surface area contributed by atoms with Crippen LogP contribution in [-0.2, 0) is 16.0 Å². The second-order valence-electron chi connectivity index (χ2n) is 7.68. The average molecular weight is 316 g/mol. The van der Waals surface area contributed by atoms with Crippen molar-refractivity contribution in [3.05, 3.63) is 29.6 Å². The fraction of sp³-hybridized carbons (Fsp3) is 0.737. The lowest BCUT2D eigenvalue weighted by atomic mass is 9.89. The minimum Gasteiger partial charge on any atom is -0.375 e. The molecule has 126 valence electrons. The monoisotopic (exact) mass is 316 g/mol. The predicted octanol–water partition coefficient (Wildman–Crippen LogP) is 2.94. The molecule has 2 aliphatic heterocycles. The Hall–Kier alpha value is -0.970. The molecule has 1 aromatic rings. The van der Waals surface area contributed by atoms with E-state index in [4.69, 9.17) is 9.47 Å². The van der Waals surface area contributed by atoms with Crippen molar-refractivity contribution < 1.29 is 9.47 Å². The van der Waals surface area contributed by atoms with Gasteiger partial charge in [0.2, 0.25) is 0 Å². The molecule has 4 rings (SSSR count). The number of pyridine rings is 1. The van der Waals surface area contributed by atoms with Gasteiger partial charge in [0.25, 0.3) is 0 Å². The molecule has 0 bridgehead atoms. The number of piperidine rings is 1. The van der Waals surface area contributed by atoms with E-state index in [9.17, 15) is 0 Å². The van der Waals surface area contributed by atoms with Gasteiger partial charge in [0.15, 0.2) is 0 Å². The SMILES string of the molecule is Cc1cccc(CN2CCC[C@]3(C[C@H](OCC4CC4)CO3)C2)n1. The van der Waals surface area contributed by atoms with Crippen molar-refractivity contribution >= 4 is 0 Å². The van der Waals surface area contributed by atoms with E-state index in [-0.39, 0.29) is 5.60 Å². The van der Waals surface area contributed by atoms with Crippen LogP contribution in [0.15, 0.2) is 18.2 Å². The zero-order chi connectivity index (χ0) is 15.7. The second kappa shape index (κ2) is 6.50. The van der Waals surface area contributed by atoms with Gasteiger partial charge in [-0.2, -0.15) is 0 Å². The van der Waals surface area contributed by atoms with Gasteiger partial charge >= 0.3 is 0 Å². The van der Waals surface area contributed by atoms with E-state index in [1.165, 1.54) is 31.4 Å². The van der Waals surface area contributed by atoms with Crippen LogP contribution in [0.4, 0.5) is 0 Å². The third-order valence-electron chi connectivity index (χ3n) is 5.39. The summed E-state index contributed by atoms with van der Waals surface area (Å²) in [6, 6.07) is 6.29. The zero-order valence-electron chi connectivity index (χ0n) is 14.2. The Morgan fingerprint density at radius 3 is 3.13 bits per heavy atom. The maximum Gasteiger partial charge on any atom is 0.0836 e. The molecule has 23 heavy (non-hydrogen) atoms. The summed E-state index contributed by atoms with van der Waals surface area (Å²) in [6.07, 6.45) is 6.48. The number of aryl methyl sites for hydroxylation is 1. The van der Waals surface area contributed by atoms with Gasteiger partial charge in [0.05, 0.1) is 24.0 Å². The summed E-state index contributed by atoms with van der Waals surface area (Å²) in [7, 11) is 0. The van der Waals surface area contributed by atoms with Crippen LogP contribution in [0, 0.1) is 12.8 Å². The van der Waals surface area contributed by atoms with E-state index in [0.29, 0.717) is 6.10 Å². The Bertz CT molecular complexity index is 546. The molecule has 4 nitrogen and oxygen atoms in total. The van der Waals surface area contributed by atoms with Gasteiger partial charge in [0, 0.05) is 31.8 Å². The van der Waals surface area contributed by atoms with E-state index in [1.807, 2.05) is 0 Å². The first-order chi connectivity index (χ1) is 11.2. The number of ether oxygens (including phenoxy) is 2. The average Bonchev–Trinajstić information content (AvgIpc) is 3.28. The molecule has 0 aromatic carbocycles. The van der Waals surface area contributed by atoms with Crippen LogP contribution in [0.3, 0.4) is 0 Å². The van der Waals surface area contributed by atoms with Crippen molar-refractivity contribution in [2.24, 2.45) is 5.92 Å². The molecule has 2 saturated heterocycles. The van der Waals surface area contributed by atoms with Gasteiger partial charge in [-0.1, -0.05) is 6.07 Å². The predicted molar refractivity (Wildman–Crippen MR) is 89.2 cm³/mol. The van der Waals surface area contributed by atoms with Crippen molar-refractivity contribution in [1.82, 2.24) is 9.88 Å². The Labute approximate surface area is 139 Å². The molecule has 1 saturated carbocycles. The Morgan fingerprint density at radius 2 is 2.30 bits per heavy atom. The van der Waals surface area contributed by atoms with Crippen LogP contribution < -0.4 is 0 Å². The van der Waals surface area contributed by atoms with Gasteiger partial charge in [-0.05, 0) is 57.2 Å². The highest BCUT2D eigenvalue weighted by Crippen LogP contribution is 2.37. The molecule has 3 fully saturated rings. The number of aromatic nitrogens is 1. The highest BCUT2D eigenvalue weighted by Gasteiger charge is 2.44. The molecule has 2 atom stereocenters. The largest absolute Gasteiger partial charge is 0.375 e. The minimum absolute atomic E-state index is 0.0241. The van der Waals surface area contributed by atoms with E-state index >= 15 is 0 Å². The zero-order valence-corrected chi connectivity index (χ0v) is 14.2. The number of hydrogen-bond acceptors (Lipinski definition) is 4. The lowest BCUT2D eigenvalue weighted by molar-refractivity contribution is -0.0549. The summed E-state index contributed by atoms with van der Waals surface area (Å²) in [4.78, 5) is 7.15.